The molecule has 2 atom stereocenters. The van der Waals surface area contributed by atoms with Crippen LogP contribution in [0, 0.1) is 11.8 Å². The molecule has 0 aliphatic rings. The van der Waals surface area contributed by atoms with Crippen LogP contribution in [0.15, 0.2) is 202 Å². The molecular formula is C53H60. The van der Waals surface area contributed by atoms with E-state index in [4.69, 9.17) is 0 Å². The Morgan fingerprint density at radius 2 is 0.566 bits per heavy atom. The van der Waals surface area contributed by atoms with Crippen molar-refractivity contribution in [1.82, 2.24) is 0 Å². The summed E-state index contributed by atoms with van der Waals surface area (Å²) in [6.07, 6.45) is 7.89. The fraction of sp³-hybridized carbons (Fsp3) is 0.208. The van der Waals surface area contributed by atoms with Gasteiger partial charge in [0, 0.05) is 0 Å². The standard InChI is InChI=1S/C29H36.3C8H8/c1-22(2)28(25-16-10-6-11-17-25)20-27(24-14-8-5-9-15-24)21-29(23(3)4)26-18-12-7-13-19-26;3*1-2-8-6-4-3-5-7-8/h5-19,22-23,27-29H,20-21H2,1-4H3;3*2-7H,1H2. The van der Waals surface area contributed by atoms with Crippen LogP contribution in [-0.4, -0.2) is 0 Å². The van der Waals surface area contributed by atoms with Gasteiger partial charge < -0.3 is 0 Å². The Kier molecular flexibility index (Phi) is 19.5. The minimum atomic E-state index is 0.552. The first-order valence-corrected chi connectivity index (χ1v) is 19.0. The fourth-order valence-corrected chi connectivity index (χ4v) is 6.46. The van der Waals surface area contributed by atoms with Crippen molar-refractivity contribution in [3.05, 3.63) is 235 Å². The van der Waals surface area contributed by atoms with Crippen molar-refractivity contribution >= 4 is 18.2 Å². The predicted octanol–water partition coefficient (Wildman–Crippen LogP) is 15.4. The molecule has 0 spiro atoms. The molecule has 0 radical (unpaired) electrons. The van der Waals surface area contributed by atoms with Crippen LogP contribution in [0.5, 0.6) is 0 Å². The Balaban J connectivity index is 0.000000251. The van der Waals surface area contributed by atoms with E-state index in [-0.39, 0.29) is 0 Å². The Hall–Kier alpha value is -5.46. The van der Waals surface area contributed by atoms with Crippen LogP contribution in [0.25, 0.3) is 18.2 Å². The second-order valence-corrected chi connectivity index (χ2v) is 13.9. The summed E-state index contributed by atoms with van der Waals surface area (Å²) >= 11 is 0. The first kappa shape index (κ1) is 42.0. The highest BCUT2D eigenvalue weighted by molar-refractivity contribution is 5.47. The molecule has 0 nitrogen and oxygen atoms in total. The van der Waals surface area contributed by atoms with Gasteiger partial charge in [-0.05, 0) is 75.8 Å². The summed E-state index contributed by atoms with van der Waals surface area (Å²) in [7, 11) is 0. The zero-order valence-electron chi connectivity index (χ0n) is 32.5. The van der Waals surface area contributed by atoms with Crippen molar-refractivity contribution in [1.29, 1.82) is 0 Å². The van der Waals surface area contributed by atoms with E-state index >= 15 is 0 Å². The molecule has 6 aromatic carbocycles. The first-order chi connectivity index (χ1) is 25.9. The van der Waals surface area contributed by atoms with Crippen molar-refractivity contribution in [2.45, 2.75) is 58.3 Å². The van der Waals surface area contributed by atoms with Crippen molar-refractivity contribution in [3.8, 4) is 0 Å². The zero-order chi connectivity index (χ0) is 38.1. The largest absolute Gasteiger partial charge is 0.0985 e. The van der Waals surface area contributed by atoms with Crippen LogP contribution in [0.4, 0.5) is 0 Å². The third-order valence-electron chi connectivity index (χ3n) is 9.52. The van der Waals surface area contributed by atoms with Gasteiger partial charge in [0.2, 0.25) is 0 Å². The number of benzene rings is 6. The Morgan fingerprint density at radius 3 is 0.774 bits per heavy atom. The van der Waals surface area contributed by atoms with Gasteiger partial charge in [-0.3, -0.25) is 0 Å². The minimum absolute atomic E-state index is 0.552. The van der Waals surface area contributed by atoms with Gasteiger partial charge in [0.1, 0.15) is 0 Å². The van der Waals surface area contributed by atoms with Gasteiger partial charge in [-0.15, -0.1) is 0 Å². The van der Waals surface area contributed by atoms with E-state index in [0.717, 1.165) is 0 Å². The van der Waals surface area contributed by atoms with Gasteiger partial charge in [0.15, 0.2) is 0 Å². The molecule has 53 heavy (non-hydrogen) atoms. The van der Waals surface area contributed by atoms with Gasteiger partial charge in [0.25, 0.3) is 0 Å². The fourth-order valence-electron chi connectivity index (χ4n) is 6.46. The predicted molar refractivity (Wildman–Crippen MR) is 236 cm³/mol. The van der Waals surface area contributed by atoms with Crippen molar-refractivity contribution in [2.24, 2.45) is 11.8 Å². The average Bonchev–Trinajstić information content (AvgIpc) is 3.23. The van der Waals surface area contributed by atoms with E-state index in [1.165, 1.54) is 46.2 Å². The Labute approximate surface area is 322 Å². The number of hydrogen-bond donors (Lipinski definition) is 0. The molecular weight excluding hydrogens is 637 g/mol. The van der Waals surface area contributed by atoms with Crippen LogP contribution in [0.3, 0.4) is 0 Å². The highest BCUT2D eigenvalue weighted by atomic mass is 14.3. The Morgan fingerprint density at radius 1 is 0.340 bits per heavy atom. The maximum absolute atomic E-state index is 3.63. The molecule has 0 saturated heterocycles. The lowest BCUT2D eigenvalue weighted by Gasteiger charge is -2.31. The lowest BCUT2D eigenvalue weighted by molar-refractivity contribution is 0.368. The van der Waals surface area contributed by atoms with Gasteiger partial charge in [-0.1, -0.05) is 248 Å². The normalized spacial score (nSPS) is 11.9. The molecule has 0 fully saturated rings. The van der Waals surface area contributed by atoms with Crippen LogP contribution >= 0.6 is 0 Å². The maximum atomic E-state index is 3.63. The maximum Gasteiger partial charge on any atom is -0.0133 e. The second kappa shape index (κ2) is 24.7. The van der Waals surface area contributed by atoms with E-state index < -0.39 is 0 Å². The molecule has 0 aliphatic carbocycles. The molecule has 6 aromatic rings. The topological polar surface area (TPSA) is 0 Å². The highest BCUT2D eigenvalue weighted by Crippen LogP contribution is 2.42. The molecule has 2 unspecified atom stereocenters. The first-order valence-electron chi connectivity index (χ1n) is 19.0. The lowest BCUT2D eigenvalue weighted by atomic mass is 9.73. The molecule has 0 heteroatoms. The molecule has 6 rings (SSSR count). The van der Waals surface area contributed by atoms with Crippen LogP contribution in [0.1, 0.15) is 91.7 Å². The van der Waals surface area contributed by atoms with Gasteiger partial charge >= 0.3 is 0 Å². The summed E-state index contributed by atoms with van der Waals surface area (Å²) < 4.78 is 0. The lowest BCUT2D eigenvalue weighted by Crippen LogP contribution is -2.17. The summed E-state index contributed by atoms with van der Waals surface area (Å²) in [5, 5.41) is 0. The smallest absolute Gasteiger partial charge is 0.0133 e. The third kappa shape index (κ3) is 15.8. The molecule has 0 aliphatic heterocycles. The van der Waals surface area contributed by atoms with Crippen LogP contribution in [-0.2, 0) is 0 Å². The molecule has 0 amide bonds. The number of rotatable bonds is 12. The molecule has 0 saturated carbocycles. The van der Waals surface area contributed by atoms with Crippen molar-refractivity contribution < 1.29 is 0 Å². The summed E-state index contributed by atoms with van der Waals surface area (Å²) in [6, 6.07) is 63.5. The molecule has 0 heterocycles. The van der Waals surface area contributed by atoms with E-state index in [0.29, 0.717) is 29.6 Å². The average molecular weight is 697 g/mol. The highest BCUT2D eigenvalue weighted by Gasteiger charge is 2.27. The second-order valence-electron chi connectivity index (χ2n) is 13.9. The summed E-state index contributed by atoms with van der Waals surface area (Å²) in [5.74, 6) is 2.95. The van der Waals surface area contributed by atoms with Crippen LogP contribution in [0.2, 0.25) is 0 Å². The minimum Gasteiger partial charge on any atom is -0.0985 e. The zero-order valence-corrected chi connectivity index (χ0v) is 32.5. The van der Waals surface area contributed by atoms with Crippen molar-refractivity contribution in [2.75, 3.05) is 0 Å². The monoisotopic (exact) mass is 696 g/mol. The SMILES string of the molecule is C=Cc1ccccc1.C=Cc1ccccc1.C=Cc1ccccc1.CC(C)C(CC(CC(c1ccccc1)C(C)C)c1ccccc1)c1ccccc1. The molecule has 272 valence electrons. The quantitative estimate of drug-likeness (QED) is 0.119. The van der Waals surface area contributed by atoms with E-state index in [1.807, 2.05) is 109 Å². The molecule has 0 aromatic heterocycles. The summed E-state index contributed by atoms with van der Waals surface area (Å²) in [6.45, 7) is 20.4. The van der Waals surface area contributed by atoms with Gasteiger partial charge in [-0.25, -0.2) is 0 Å². The van der Waals surface area contributed by atoms with E-state index in [9.17, 15) is 0 Å². The van der Waals surface area contributed by atoms with E-state index in [2.05, 4.69) is 138 Å². The molecule has 0 bridgehead atoms. The molecule has 0 N–H and O–H groups in total. The summed E-state index contributed by atoms with van der Waals surface area (Å²) in [4.78, 5) is 0. The Bertz CT molecular complexity index is 1630. The van der Waals surface area contributed by atoms with Gasteiger partial charge in [-0.2, -0.15) is 0 Å². The third-order valence-corrected chi connectivity index (χ3v) is 9.52. The summed E-state index contributed by atoms with van der Waals surface area (Å²) in [5.41, 5.74) is 7.96. The van der Waals surface area contributed by atoms with Crippen LogP contribution < -0.4 is 0 Å². The number of hydrogen-bond acceptors (Lipinski definition) is 0. The van der Waals surface area contributed by atoms with Crippen molar-refractivity contribution in [3.63, 3.8) is 0 Å². The van der Waals surface area contributed by atoms with E-state index in [1.54, 1.807) is 0 Å². The van der Waals surface area contributed by atoms with Gasteiger partial charge in [0.05, 0.1) is 0 Å².